The molecule has 7 nitrogen and oxygen atoms in total. The average Bonchev–Trinajstić information content (AvgIpc) is 2.63. The summed E-state index contributed by atoms with van der Waals surface area (Å²) in [6.07, 6.45) is 0.396. The fourth-order valence-corrected chi connectivity index (χ4v) is 1.63. The molecule has 1 aliphatic rings. The van der Waals surface area contributed by atoms with Gasteiger partial charge in [0.2, 0.25) is 17.1 Å². The number of amides is 1. The van der Waals surface area contributed by atoms with Crippen LogP contribution in [0.1, 0.15) is 13.3 Å². The van der Waals surface area contributed by atoms with E-state index in [2.05, 4.69) is 25.6 Å². The fourth-order valence-electron chi connectivity index (χ4n) is 1.48. The first-order chi connectivity index (χ1) is 8.17. The van der Waals surface area contributed by atoms with Crippen molar-refractivity contribution < 1.29 is 9.53 Å². The van der Waals surface area contributed by atoms with Crippen molar-refractivity contribution in [3.05, 3.63) is 5.28 Å². The molecule has 1 unspecified atom stereocenters. The van der Waals surface area contributed by atoms with Crippen molar-refractivity contribution in [1.29, 1.82) is 0 Å². The van der Waals surface area contributed by atoms with E-state index in [1.807, 2.05) is 6.92 Å². The van der Waals surface area contributed by atoms with Crippen molar-refractivity contribution in [2.24, 2.45) is 0 Å². The van der Waals surface area contributed by atoms with Crippen molar-refractivity contribution in [3.63, 3.8) is 0 Å². The number of carbonyl (C=O) groups is 1. The van der Waals surface area contributed by atoms with Gasteiger partial charge < -0.3 is 15.4 Å². The number of aromatic nitrogens is 3. The Balaban J connectivity index is 2.07. The molecule has 17 heavy (non-hydrogen) atoms. The fraction of sp³-hybridized carbons (Fsp3) is 0.556. The van der Waals surface area contributed by atoms with Crippen LogP contribution in [0, 0.1) is 0 Å². The lowest BCUT2D eigenvalue weighted by molar-refractivity contribution is -0.119. The molecular formula is C9H12ClN5O2. The SMILES string of the molecule is CCOc1nc(Cl)nc(NC2CNC(=O)C2)n1. The first-order valence-electron chi connectivity index (χ1n) is 5.25. The molecule has 8 heteroatoms. The van der Waals surface area contributed by atoms with Gasteiger partial charge in [-0.2, -0.15) is 15.0 Å². The molecule has 1 aliphatic heterocycles. The molecule has 1 atom stereocenters. The summed E-state index contributed by atoms with van der Waals surface area (Å²) in [5, 5.41) is 5.77. The Bertz CT molecular complexity index is 428. The first kappa shape index (κ1) is 11.8. The number of nitrogens with one attached hydrogen (secondary N) is 2. The van der Waals surface area contributed by atoms with E-state index < -0.39 is 0 Å². The number of anilines is 1. The molecule has 2 heterocycles. The summed E-state index contributed by atoms with van der Waals surface area (Å²) >= 11 is 5.74. The highest BCUT2D eigenvalue weighted by Crippen LogP contribution is 2.13. The van der Waals surface area contributed by atoms with Gasteiger partial charge >= 0.3 is 6.01 Å². The molecule has 2 rings (SSSR count). The van der Waals surface area contributed by atoms with Crippen LogP contribution in [-0.2, 0) is 4.79 Å². The topological polar surface area (TPSA) is 89.0 Å². The molecule has 1 aromatic heterocycles. The van der Waals surface area contributed by atoms with E-state index in [1.165, 1.54) is 0 Å². The van der Waals surface area contributed by atoms with Gasteiger partial charge in [-0.25, -0.2) is 0 Å². The first-order valence-corrected chi connectivity index (χ1v) is 5.62. The average molecular weight is 258 g/mol. The van der Waals surface area contributed by atoms with Crippen LogP contribution < -0.4 is 15.4 Å². The van der Waals surface area contributed by atoms with E-state index in [1.54, 1.807) is 0 Å². The van der Waals surface area contributed by atoms with Crippen LogP contribution in [0.15, 0.2) is 0 Å². The number of carbonyl (C=O) groups excluding carboxylic acids is 1. The molecule has 92 valence electrons. The number of hydrogen-bond acceptors (Lipinski definition) is 6. The van der Waals surface area contributed by atoms with Crippen LogP contribution in [-0.4, -0.2) is 40.1 Å². The largest absolute Gasteiger partial charge is 0.464 e. The predicted molar refractivity (Wildman–Crippen MR) is 61.0 cm³/mol. The summed E-state index contributed by atoms with van der Waals surface area (Å²) in [6, 6.07) is 0.141. The summed E-state index contributed by atoms with van der Waals surface area (Å²) in [6.45, 7) is 2.82. The maximum absolute atomic E-state index is 11.0. The minimum Gasteiger partial charge on any atom is -0.464 e. The van der Waals surface area contributed by atoms with Crippen LogP contribution in [0.25, 0.3) is 0 Å². The Kier molecular flexibility index (Phi) is 3.58. The van der Waals surface area contributed by atoms with E-state index in [9.17, 15) is 4.79 Å². The zero-order valence-electron chi connectivity index (χ0n) is 9.23. The lowest BCUT2D eigenvalue weighted by atomic mass is 10.3. The molecule has 0 bridgehead atoms. The normalized spacial score (nSPS) is 18.9. The Morgan fingerprint density at radius 2 is 2.35 bits per heavy atom. The second kappa shape index (κ2) is 5.13. The van der Waals surface area contributed by atoms with Crippen LogP contribution >= 0.6 is 11.6 Å². The zero-order chi connectivity index (χ0) is 12.3. The third-order valence-corrected chi connectivity index (χ3v) is 2.34. The van der Waals surface area contributed by atoms with Gasteiger partial charge in [-0.05, 0) is 18.5 Å². The molecule has 0 aliphatic carbocycles. The maximum Gasteiger partial charge on any atom is 0.322 e. The van der Waals surface area contributed by atoms with E-state index in [-0.39, 0.29) is 23.2 Å². The summed E-state index contributed by atoms with van der Waals surface area (Å²) in [4.78, 5) is 22.8. The molecule has 1 fully saturated rings. The highest BCUT2D eigenvalue weighted by molar-refractivity contribution is 6.28. The van der Waals surface area contributed by atoms with Crippen LogP contribution in [0.3, 0.4) is 0 Å². The zero-order valence-corrected chi connectivity index (χ0v) is 9.99. The molecule has 2 N–H and O–H groups in total. The van der Waals surface area contributed by atoms with Gasteiger partial charge in [0.05, 0.1) is 12.6 Å². The predicted octanol–water partition coefficient (Wildman–Crippen LogP) is 0.224. The molecule has 1 amide bonds. The molecular weight excluding hydrogens is 246 g/mol. The molecule has 0 aromatic carbocycles. The van der Waals surface area contributed by atoms with Crippen molar-refractivity contribution >= 4 is 23.5 Å². The van der Waals surface area contributed by atoms with Crippen molar-refractivity contribution in [1.82, 2.24) is 20.3 Å². The Morgan fingerprint density at radius 1 is 1.53 bits per heavy atom. The third-order valence-electron chi connectivity index (χ3n) is 2.17. The second-order valence-electron chi connectivity index (χ2n) is 3.49. The lowest BCUT2D eigenvalue weighted by Crippen LogP contribution is -2.23. The Hall–Kier alpha value is -1.63. The molecule has 0 radical (unpaired) electrons. The van der Waals surface area contributed by atoms with E-state index >= 15 is 0 Å². The van der Waals surface area contributed by atoms with Crippen LogP contribution in [0.4, 0.5) is 5.95 Å². The highest BCUT2D eigenvalue weighted by atomic mass is 35.5. The van der Waals surface area contributed by atoms with E-state index in [0.29, 0.717) is 25.5 Å². The third kappa shape index (κ3) is 3.16. The summed E-state index contributed by atoms with van der Waals surface area (Å²) in [5.74, 6) is 0.322. The van der Waals surface area contributed by atoms with Gasteiger partial charge in [0.15, 0.2) is 0 Å². The van der Waals surface area contributed by atoms with Gasteiger partial charge in [0, 0.05) is 13.0 Å². The number of ether oxygens (including phenoxy) is 1. The monoisotopic (exact) mass is 257 g/mol. The summed E-state index contributed by atoms with van der Waals surface area (Å²) in [7, 11) is 0. The Labute approximate surface area is 103 Å². The molecule has 0 spiro atoms. The van der Waals surface area contributed by atoms with Crippen LogP contribution in [0.2, 0.25) is 5.28 Å². The van der Waals surface area contributed by atoms with Crippen molar-refractivity contribution in [3.8, 4) is 6.01 Å². The van der Waals surface area contributed by atoms with Gasteiger partial charge in [-0.1, -0.05) is 0 Å². The summed E-state index contributed by atoms with van der Waals surface area (Å²) in [5.41, 5.74) is 0. The van der Waals surface area contributed by atoms with Crippen LogP contribution in [0.5, 0.6) is 6.01 Å². The van der Waals surface area contributed by atoms with Crippen molar-refractivity contribution in [2.75, 3.05) is 18.5 Å². The van der Waals surface area contributed by atoms with Gasteiger partial charge in [0.25, 0.3) is 0 Å². The number of hydrogen-bond donors (Lipinski definition) is 2. The highest BCUT2D eigenvalue weighted by Gasteiger charge is 2.22. The van der Waals surface area contributed by atoms with Gasteiger partial charge in [0.1, 0.15) is 0 Å². The quantitative estimate of drug-likeness (QED) is 0.802. The number of rotatable bonds is 4. The maximum atomic E-state index is 11.0. The minimum absolute atomic E-state index is 0.00712. The lowest BCUT2D eigenvalue weighted by Gasteiger charge is -2.10. The van der Waals surface area contributed by atoms with Gasteiger partial charge in [-0.3, -0.25) is 4.79 Å². The number of halogens is 1. The van der Waals surface area contributed by atoms with Gasteiger partial charge in [-0.15, -0.1) is 0 Å². The number of nitrogens with zero attached hydrogens (tertiary/aromatic N) is 3. The second-order valence-corrected chi connectivity index (χ2v) is 3.83. The minimum atomic E-state index is -0.0320. The Morgan fingerprint density at radius 3 is 3.00 bits per heavy atom. The standard InChI is InChI=1S/C9H12ClN5O2/c1-2-17-9-14-7(10)13-8(15-9)12-5-3-6(16)11-4-5/h5H,2-4H2,1H3,(H,11,16)(H,12,13,14,15). The van der Waals surface area contributed by atoms with E-state index in [0.717, 1.165) is 0 Å². The summed E-state index contributed by atoms with van der Waals surface area (Å²) < 4.78 is 5.14. The molecule has 1 aromatic rings. The van der Waals surface area contributed by atoms with Crippen molar-refractivity contribution in [2.45, 2.75) is 19.4 Å². The molecule has 1 saturated heterocycles. The smallest absolute Gasteiger partial charge is 0.322 e. The molecule has 0 saturated carbocycles. The van der Waals surface area contributed by atoms with E-state index in [4.69, 9.17) is 16.3 Å².